The van der Waals surface area contributed by atoms with E-state index >= 15 is 0 Å². The molecule has 150 valence electrons. The van der Waals surface area contributed by atoms with Gasteiger partial charge in [-0.2, -0.15) is 0 Å². The van der Waals surface area contributed by atoms with Crippen molar-refractivity contribution in [2.75, 3.05) is 6.61 Å². The second-order valence-corrected chi connectivity index (χ2v) is 7.86. The molecule has 0 spiro atoms. The zero-order chi connectivity index (χ0) is 21.6. The molecule has 1 aliphatic rings. The topological polar surface area (TPSA) is 101 Å². The predicted octanol–water partition coefficient (Wildman–Crippen LogP) is 4.21. The first-order valence-electron chi connectivity index (χ1n) is 8.98. The van der Waals surface area contributed by atoms with Gasteiger partial charge in [-0.05, 0) is 42.8 Å². The summed E-state index contributed by atoms with van der Waals surface area (Å²) in [7, 11) is 0. The number of carbonyl (C=O) groups excluding carboxylic acids is 3. The van der Waals surface area contributed by atoms with Crippen molar-refractivity contribution in [1.29, 1.82) is 0 Å². The minimum atomic E-state index is -0.646. The van der Waals surface area contributed by atoms with Crippen molar-refractivity contribution < 1.29 is 29.3 Å². The van der Waals surface area contributed by atoms with E-state index in [2.05, 4.69) is 15.9 Å². The number of aryl methyl sites for hydroxylation is 1. The minimum Gasteiger partial charge on any atom is -0.507 e. The average molecular weight is 467 g/mol. The number of hydrogen-bond acceptors (Lipinski definition) is 6. The van der Waals surface area contributed by atoms with Crippen LogP contribution in [0.4, 0.5) is 0 Å². The van der Waals surface area contributed by atoms with E-state index in [1.165, 1.54) is 24.3 Å². The molecule has 0 radical (unpaired) electrons. The maximum Gasteiger partial charge on any atom is 0.201 e. The average Bonchev–Trinajstić information content (AvgIpc) is 2.69. The third-order valence-electron chi connectivity index (χ3n) is 4.83. The van der Waals surface area contributed by atoms with Gasteiger partial charge in [-0.15, -0.1) is 0 Å². The largest absolute Gasteiger partial charge is 0.507 e. The molecule has 6 nitrogen and oxygen atoms in total. The molecule has 2 N–H and O–H groups in total. The fraction of sp³-hybridized carbons (Fsp3) is 0.0870. The van der Waals surface area contributed by atoms with Crippen LogP contribution >= 0.6 is 15.9 Å². The number of aromatic hydroxyl groups is 2. The van der Waals surface area contributed by atoms with Gasteiger partial charge in [0, 0.05) is 27.2 Å². The maximum absolute atomic E-state index is 13.0. The Labute approximate surface area is 179 Å². The van der Waals surface area contributed by atoms with Crippen molar-refractivity contribution in [1.82, 2.24) is 0 Å². The first-order valence-corrected chi connectivity index (χ1v) is 9.77. The summed E-state index contributed by atoms with van der Waals surface area (Å²) in [5.74, 6) is -2.13. The summed E-state index contributed by atoms with van der Waals surface area (Å²) in [5.41, 5.74) is 0.765. The number of ketones is 3. The number of phenolic OH excluding ortho intramolecular Hbond substituents is 2. The van der Waals surface area contributed by atoms with E-state index in [4.69, 9.17) is 4.74 Å². The van der Waals surface area contributed by atoms with Crippen LogP contribution in [-0.2, 0) is 0 Å². The van der Waals surface area contributed by atoms with Crippen LogP contribution in [0.5, 0.6) is 17.2 Å². The van der Waals surface area contributed by atoms with Crippen LogP contribution in [0, 0.1) is 6.92 Å². The van der Waals surface area contributed by atoms with Crippen LogP contribution in [0.2, 0.25) is 0 Å². The number of Topliss-reactive ketones (excluding diaryl/α,β-unsaturated/α-hetero) is 1. The van der Waals surface area contributed by atoms with Crippen LogP contribution in [0.1, 0.15) is 47.8 Å². The predicted molar refractivity (Wildman–Crippen MR) is 112 cm³/mol. The van der Waals surface area contributed by atoms with Crippen molar-refractivity contribution in [3.8, 4) is 17.2 Å². The van der Waals surface area contributed by atoms with Gasteiger partial charge >= 0.3 is 0 Å². The molecule has 3 aromatic rings. The molecular weight excluding hydrogens is 452 g/mol. The summed E-state index contributed by atoms with van der Waals surface area (Å²) in [6.07, 6.45) is 0. The molecule has 1 aliphatic carbocycles. The summed E-state index contributed by atoms with van der Waals surface area (Å²) in [6.45, 7) is 1.39. The molecule has 4 rings (SSSR count). The van der Waals surface area contributed by atoms with Gasteiger partial charge in [0.05, 0.1) is 11.1 Å². The number of ether oxygens (including phenoxy) is 1. The Bertz CT molecular complexity index is 1230. The van der Waals surface area contributed by atoms with E-state index in [0.29, 0.717) is 11.1 Å². The quantitative estimate of drug-likeness (QED) is 0.437. The Balaban J connectivity index is 1.66. The highest BCUT2D eigenvalue weighted by Crippen LogP contribution is 2.39. The number of rotatable bonds is 4. The SMILES string of the molecule is Cc1cc(O)c2c(c1)C(=O)c1cc(OCC(=O)c3ccc(Br)cc3)cc(O)c1C2=O. The third kappa shape index (κ3) is 3.37. The normalized spacial score (nSPS) is 12.3. The molecule has 0 bridgehead atoms. The molecule has 0 aliphatic heterocycles. The molecule has 7 heteroatoms. The van der Waals surface area contributed by atoms with Gasteiger partial charge in [-0.1, -0.05) is 28.1 Å². The minimum absolute atomic E-state index is 0.0383. The van der Waals surface area contributed by atoms with Crippen molar-refractivity contribution >= 4 is 33.3 Å². The maximum atomic E-state index is 13.0. The van der Waals surface area contributed by atoms with Gasteiger partial charge in [0.15, 0.2) is 18.2 Å². The summed E-state index contributed by atoms with van der Waals surface area (Å²) in [4.78, 5) is 38.1. The van der Waals surface area contributed by atoms with Crippen LogP contribution in [0.15, 0.2) is 53.0 Å². The molecule has 30 heavy (non-hydrogen) atoms. The van der Waals surface area contributed by atoms with Crippen molar-refractivity contribution in [2.24, 2.45) is 0 Å². The fourth-order valence-corrected chi connectivity index (χ4v) is 3.69. The van der Waals surface area contributed by atoms with Crippen molar-refractivity contribution in [3.05, 3.63) is 86.4 Å². The lowest BCUT2D eigenvalue weighted by Gasteiger charge is -2.20. The van der Waals surface area contributed by atoms with E-state index in [1.54, 1.807) is 31.2 Å². The Morgan fingerprint density at radius 3 is 2.17 bits per heavy atom. The molecule has 0 aromatic heterocycles. The third-order valence-corrected chi connectivity index (χ3v) is 5.36. The molecular formula is C23H15BrO6. The number of carbonyl (C=O) groups is 3. The zero-order valence-electron chi connectivity index (χ0n) is 15.7. The van der Waals surface area contributed by atoms with Gasteiger partial charge in [0.1, 0.15) is 17.2 Å². The van der Waals surface area contributed by atoms with Gasteiger partial charge in [0.25, 0.3) is 0 Å². The monoisotopic (exact) mass is 466 g/mol. The van der Waals surface area contributed by atoms with E-state index in [1.807, 2.05) is 0 Å². The Kier molecular flexibility index (Phi) is 4.91. The summed E-state index contributed by atoms with van der Waals surface area (Å²) in [5, 5.41) is 20.5. The van der Waals surface area contributed by atoms with Crippen molar-refractivity contribution in [2.45, 2.75) is 6.92 Å². The lowest BCUT2D eigenvalue weighted by Crippen LogP contribution is -2.22. The molecule has 0 unspecified atom stereocenters. The van der Waals surface area contributed by atoms with E-state index < -0.39 is 17.3 Å². The lowest BCUT2D eigenvalue weighted by atomic mass is 9.82. The highest BCUT2D eigenvalue weighted by molar-refractivity contribution is 9.10. The molecule has 0 fully saturated rings. The van der Waals surface area contributed by atoms with Gasteiger partial charge < -0.3 is 14.9 Å². The van der Waals surface area contributed by atoms with Crippen molar-refractivity contribution in [3.63, 3.8) is 0 Å². The van der Waals surface area contributed by atoms with Crippen LogP contribution in [0.3, 0.4) is 0 Å². The Morgan fingerprint density at radius 1 is 0.900 bits per heavy atom. The molecule has 3 aromatic carbocycles. The highest BCUT2D eigenvalue weighted by Gasteiger charge is 2.35. The summed E-state index contributed by atoms with van der Waals surface area (Å²) in [6, 6.07) is 12.2. The number of fused-ring (bicyclic) bond motifs is 2. The number of benzene rings is 3. The van der Waals surface area contributed by atoms with Crippen LogP contribution < -0.4 is 4.74 Å². The van der Waals surface area contributed by atoms with E-state index in [0.717, 1.165) is 4.47 Å². The van der Waals surface area contributed by atoms with Crippen LogP contribution in [0.25, 0.3) is 0 Å². The highest BCUT2D eigenvalue weighted by atomic mass is 79.9. The smallest absolute Gasteiger partial charge is 0.201 e. The standard InChI is InChI=1S/C23H15BrO6/c1-11-6-15-20(17(25)7-11)23(29)21-16(22(15)28)8-14(9-18(21)26)30-10-19(27)12-2-4-13(24)5-3-12/h2-9,25-26H,10H2,1H3. The Hall–Kier alpha value is -3.45. The molecule has 0 heterocycles. The molecule has 0 atom stereocenters. The van der Waals surface area contributed by atoms with Gasteiger partial charge in [-0.3, -0.25) is 14.4 Å². The lowest BCUT2D eigenvalue weighted by molar-refractivity contribution is 0.0919. The molecule has 0 saturated carbocycles. The fourth-order valence-electron chi connectivity index (χ4n) is 3.43. The zero-order valence-corrected chi connectivity index (χ0v) is 17.3. The van der Waals surface area contributed by atoms with Gasteiger partial charge in [0.2, 0.25) is 5.78 Å². The Morgan fingerprint density at radius 2 is 1.50 bits per heavy atom. The van der Waals surface area contributed by atoms with E-state index in [-0.39, 0.29) is 46.1 Å². The second kappa shape index (κ2) is 7.42. The first-order chi connectivity index (χ1) is 14.3. The number of hydrogen-bond donors (Lipinski definition) is 2. The number of phenols is 2. The number of halogens is 1. The summed E-state index contributed by atoms with van der Waals surface area (Å²) < 4.78 is 6.32. The van der Waals surface area contributed by atoms with Crippen LogP contribution in [-0.4, -0.2) is 34.2 Å². The summed E-state index contributed by atoms with van der Waals surface area (Å²) >= 11 is 3.30. The molecule has 0 amide bonds. The molecule has 0 saturated heterocycles. The first kappa shape index (κ1) is 19.8. The van der Waals surface area contributed by atoms with Gasteiger partial charge in [-0.25, -0.2) is 0 Å². The second-order valence-electron chi connectivity index (χ2n) is 6.95. The van der Waals surface area contributed by atoms with E-state index in [9.17, 15) is 24.6 Å².